The maximum atomic E-state index is 12.6. The standard InChI is InChI=1S/C19H17N3O3S2/c1-3-22-18(23)16-15(8-9-26-16)21-19(22)27-11-13-10-25-17(20-13)12-4-6-14(24-2)7-5-12/h4-10H,3,11H2,1-2H3. The van der Waals surface area contributed by atoms with E-state index in [2.05, 4.69) is 9.97 Å². The first kappa shape index (κ1) is 17.8. The lowest BCUT2D eigenvalue weighted by atomic mass is 10.2. The van der Waals surface area contributed by atoms with Crippen LogP contribution in [0, 0.1) is 0 Å². The molecule has 3 aromatic heterocycles. The van der Waals surface area contributed by atoms with E-state index >= 15 is 0 Å². The second kappa shape index (κ2) is 7.58. The van der Waals surface area contributed by atoms with Crippen molar-refractivity contribution >= 4 is 33.3 Å². The minimum absolute atomic E-state index is 0.0130. The molecule has 0 N–H and O–H groups in total. The zero-order valence-electron chi connectivity index (χ0n) is 14.8. The Balaban J connectivity index is 1.55. The maximum Gasteiger partial charge on any atom is 0.272 e. The van der Waals surface area contributed by atoms with Gasteiger partial charge < -0.3 is 9.15 Å². The van der Waals surface area contributed by atoms with Crippen molar-refractivity contribution in [3.63, 3.8) is 0 Å². The minimum atomic E-state index is 0.0130. The third-order valence-corrected chi connectivity index (χ3v) is 5.99. The molecule has 0 bridgehead atoms. The second-order valence-corrected chi connectivity index (χ2v) is 7.60. The van der Waals surface area contributed by atoms with Gasteiger partial charge in [0.25, 0.3) is 5.56 Å². The molecule has 0 saturated heterocycles. The van der Waals surface area contributed by atoms with E-state index in [-0.39, 0.29) is 5.56 Å². The molecule has 3 heterocycles. The quantitative estimate of drug-likeness (QED) is 0.353. The van der Waals surface area contributed by atoms with Crippen LogP contribution in [0.3, 0.4) is 0 Å². The first-order valence-corrected chi connectivity index (χ1v) is 10.3. The highest BCUT2D eigenvalue weighted by Crippen LogP contribution is 2.26. The monoisotopic (exact) mass is 399 g/mol. The average Bonchev–Trinajstić information content (AvgIpc) is 3.36. The van der Waals surface area contributed by atoms with Crippen LogP contribution >= 0.6 is 23.1 Å². The molecule has 138 valence electrons. The van der Waals surface area contributed by atoms with Gasteiger partial charge in [-0.3, -0.25) is 9.36 Å². The van der Waals surface area contributed by atoms with Gasteiger partial charge in [-0.05, 0) is 42.6 Å². The van der Waals surface area contributed by atoms with Crippen LogP contribution in [-0.4, -0.2) is 21.6 Å². The molecule has 0 spiro atoms. The summed E-state index contributed by atoms with van der Waals surface area (Å²) in [5.41, 5.74) is 2.44. The zero-order chi connectivity index (χ0) is 18.8. The summed E-state index contributed by atoms with van der Waals surface area (Å²) in [6.07, 6.45) is 1.64. The normalized spacial score (nSPS) is 11.2. The molecule has 27 heavy (non-hydrogen) atoms. The van der Waals surface area contributed by atoms with Gasteiger partial charge in [-0.25, -0.2) is 9.97 Å². The zero-order valence-corrected chi connectivity index (χ0v) is 16.5. The van der Waals surface area contributed by atoms with Gasteiger partial charge in [0.2, 0.25) is 5.89 Å². The number of fused-ring (bicyclic) bond motifs is 1. The number of rotatable bonds is 6. The Labute approximate surface area is 163 Å². The summed E-state index contributed by atoms with van der Waals surface area (Å²) in [5.74, 6) is 1.91. The van der Waals surface area contributed by atoms with Crippen LogP contribution in [0.15, 0.2) is 56.3 Å². The Morgan fingerprint density at radius 1 is 1.22 bits per heavy atom. The van der Waals surface area contributed by atoms with Gasteiger partial charge in [0.15, 0.2) is 5.16 Å². The molecule has 6 nitrogen and oxygen atoms in total. The lowest BCUT2D eigenvalue weighted by Gasteiger charge is -2.08. The molecule has 0 unspecified atom stereocenters. The van der Waals surface area contributed by atoms with Gasteiger partial charge in [0, 0.05) is 17.9 Å². The first-order chi connectivity index (χ1) is 13.2. The number of thioether (sulfide) groups is 1. The molecule has 0 aliphatic carbocycles. The smallest absolute Gasteiger partial charge is 0.272 e. The predicted molar refractivity (Wildman–Crippen MR) is 108 cm³/mol. The van der Waals surface area contributed by atoms with Gasteiger partial charge in [-0.15, -0.1) is 11.3 Å². The Bertz CT molecular complexity index is 1130. The highest BCUT2D eigenvalue weighted by molar-refractivity contribution is 7.98. The molecule has 4 aromatic rings. The highest BCUT2D eigenvalue weighted by Gasteiger charge is 2.13. The molecule has 1 aromatic carbocycles. The van der Waals surface area contributed by atoms with Gasteiger partial charge in [-0.2, -0.15) is 0 Å². The number of thiophene rings is 1. The van der Waals surface area contributed by atoms with Crippen molar-refractivity contribution in [2.75, 3.05) is 7.11 Å². The fourth-order valence-electron chi connectivity index (χ4n) is 2.69. The van der Waals surface area contributed by atoms with Crippen LogP contribution in [0.2, 0.25) is 0 Å². The summed E-state index contributed by atoms with van der Waals surface area (Å²) in [4.78, 5) is 21.7. The molecule has 8 heteroatoms. The van der Waals surface area contributed by atoms with Crippen molar-refractivity contribution in [1.82, 2.24) is 14.5 Å². The van der Waals surface area contributed by atoms with Crippen LogP contribution in [0.25, 0.3) is 21.7 Å². The minimum Gasteiger partial charge on any atom is -0.497 e. The number of benzene rings is 1. The Kier molecular flexibility index (Phi) is 5.00. The van der Waals surface area contributed by atoms with Gasteiger partial charge in [0.1, 0.15) is 16.7 Å². The summed E-state index contributed by atoms with van der Waals surface area (Å²) < 4.78 is 13.2. The van der Waals surface area contributed by atoms with Crippen LogP contribution in [0.4, 0.5) is 0 Å². The SMILES string of the molecule is CCn1c(SCc2coc(-c3ccc(OC)cc3)n2)nc2ccsc2c1=O. The lowest BCUT2D eigenvalue weighted by Crippen LogP contribution is -2.21. The van der Waals surface area contributed by atoms with Crippen molar-refractivity contribution in [1.29, 1.82) is 0 Å². The second-order valence-electron chi connectivity index (χ2n) is 5.74. The third kappa shape index (κ3) is 3.50. The third-order valence-electron chi connectivity index (χ3n) is 4.08. The molecule has 0 amide bonds. The number of aromatic nitrogens is 3. The van der Waals surface area contributed by atoms with Gasteiger partial charge in [-0.1, -0.05) is 11.8 Å². The summed E-state index contributed by atoms with van der Waals surface area (Å²) >= 11 is 2.91. The van der Waals surface area contributed by atoms with E-state index in [9.17, 15) is 4.79 Å². The summed E-state index contributed by atoms with van der Waals surface area (Å²) in [6.45, 7) is 2.53. The van der Waals surface area contributed by atoms with Crippen molar-refractivity contribution in [3.8, 4) is 17.2 Å². The van der Waals surface area contributed by atoms with Gasteiger partial charge >= 0.3 is 0 Å². The molecule has 0 aliphatic heterocycles. The molecule has 4 rings (SSSR count). The van der Waals surface area contributed by atoms with Crippen LogP contribution < -0.4 is 10.3 Å². The van der Waals surface area contributed by atoms with E-state index in [0.29, 0.717) is 28.0 Å². The molecule has 0 radical (unpaired) electrons. The topological polar surface area (TPSA) is 70.2 Å². The Hall–Kier alpha value is -2.58. The predicted octanol–water partition coefficient (Wildman–Crippen LogP) is 4.43. The summed E-state index contributed by atoms with van der Waals surface area (Å²) in [7, 11) is 1.63. The first-order valence-electron chi connectivity index (χ1n) is 8.39. The van der Waals surface area contributed by atoms with Crippen molar-refractivity contribution in [2.45, 2.75) is 24.4 Å². The van der Waals surface area contributed by atoms with Crippen molar-refractivity contribution < 1.29 is 9.15 Å². The number of oxazole rings is 1. The van der Waals surface area contributed by atoms with Crippen molar-refractivity contribution in [2.24, 2.45) is 0 Å². The summed E-state index contributed by atoms with van der Waals surface area (Å²) in [5, 5.41) is 2.59. The molecule has 0 aliphatic rings. The average molecular weight is 399 g/mol. The van der Waals surface area contributed by atoms with E-state index in [0.717, 1.165) is 22.5 Å². The Morgan fingerprint density at radius 3 is 2.78 bits per heavy atom. The van der Waals surface area contributed by atoms with E-state index in [4.69, 9.17) is 9.15 Å². The van der Waals surface area contributed by atoms with Crippen LogP contribution in [0.1, 0.15) is 12.6 Å². The molecule has 0 atom stereocenters. The maximum absolute atomic E-state index is 12.6. The lowest BCUT2D eigenvalue weighted by molar-refractivity contribution is 0.415. The van der Waals surface area contributed by atoms with Crippen LogP contribution in [-0.2, 0) is 12.3 Å². The molecule has 0 fully saturated rings. The Morgan fingerprint density at radius 2 is 2.04 bits per heavy atom. The number of hydrogen-bond donors (Lipinski definition) is 0. The van der Waals surface area contributed by atoms with Gasteiger partial charge in [0.05, 0.1) is 18.3 Å². The fourth-order valence-corrected chi connectivity index (χ4v) is 4.41. The van der Waals surface area contributed by atoms with E-state index in [1.54, 1.807) is 17.9 Å². The molecular formula is C19H17N3O3S2. The van der Waals surface area contributed by atoms with Crippen LogP contribution in [0.5, 0.6) is 5.75 Å². The van der Waals surface area contributed by atoms with E-state index in [1.807, 2.05) is 42.6 Å². The van der Waals surface area contributed by atoms with E-state index in [1.165, 1.54) is 23.1 Å². The van der Waals surface area contributed by atoms with Crippen molar-refractivity contribution in [3.05, 3.63) is 58.0 Å². The highest BCUT2D eigenvalue weighted by atomic mass is 32.2. The number of nitrogens with zero attached hydrogens (tertiary/aromatic N) is 3. The number of ether oxygens (including phenoxy) is 1. The summed E-state index contributed by atoms with van der Waals surface area (Å²) in [6, 6.07) is 9.43. The number of methoxy groups -OCH3 is 1. The molecular weight excluding hydrogens is 382 g/mol. The largest absolute Gasteiger partial charge is 0.497 e. The molecule has 0 saturated carbocycles. The number of hydrogen-bond acceptors (Lipinski definition) is 7. The van der Waals surface area contributed by atoms with E-state index < -0.39 is 0 Å². The fraction of sp³-hybridized carbons (Fsp3) is 0.211.